The highest BCUT2D eigenvalue weighted by Crippen LogP contribution is 2.63. The van der Waals surface area contributed by atoms with Crippen molar-refractivity contribution in [3.05, 3.63) is 42.0 Å². The van der Waals surface area contributed by atoms with Crippen molar-refractivity contribution >= 4 is 18.0 Å². The van der Waals surface area contributed by atoms with Crippen LogP contribution in [0.3, 0.4) is 0 Å². The molecule has 2 bridgehead atoms. The highest BCUT2D eigenvalue weighted by Gasteiger charge is 2.72. The summed E-state index contributed by atoms with van der Waals surface area (Å²) in [4.78, 5) is 25.6. The molecule has 0 amide bonds. The van der Waals surface area contributed by atoms with Gasteiger partial charge < -0.3 is 18.9 Å². The van der Waals surface area contributed by atoms with Gasteiger partial charge in [-0.25, -0.2) is 9.59 Å². The fourth-order valence-electron chi connectivity index (χ4n) is 6.52. The molecule has 1 saturated carbocycles. The predicted octanol–water partition coefficient (Wildman–Crippen LogP) is 4.42. The van der Waals surface area contributed by atoms with Gasteiger partial charge in [-0.15, -0.1) is 6.42 Å². The van der Waals surface area contributed by atoms with E-state index < -0.39 is 29.4 Å². The first-order valence-electron chi connectivity index (χ1n) is 12.6. The van der Waals surface area contributed by atoms with Crippen LogP contribution in [0, 0.1) is 36.0 Å². The lowest BCUT2D eigenvalue weighted by Gasteiger charge is -2.52. The van der Waals surface area contributed by atoms with E-state index in [9.17, 15) is 9.59 Å². The van der Waals surface area contributed by atoms with Gasteiger partial charge in [-0.2, -0.15) is 0 Å². The molecule has 1 aromatic rings. The van der Waals surface area contributed by atoms with Gasteiger partial charge in [0.25, 0.3) is 0 Å². The number of terminal acetylenes is 1. The fraction of sp³-hybridized carbons (Fsp3) is 0.586. The Morgan fingerprint density at radius 2 is 1.97 bits per heavy atom. The van der Waals surface area contributed by atoms with Crippen molar-refractivity contribution in [1.29, 1.82) is 0 Å². The number of esters is 2. The molecule has 0 radical (unpaired) electrons. The van der Waals surface area contributed by atoms with E-state index in [1.807, 2.05) is 30.3 Å². The summed E-state index contributed by atoms with van der Waals surface area (Å²) in [5, 5.41) is 0. The summed E-state index contributed by atoms with van der Waals surface area (Å²) in [6.07, 6.45) is 10.0. The van der Waals surface area contributed by atoms with E-state index >= 15 is 0 Å². The zero-order chi connectivity index (χ0) is 25.2. The van der Waals surface area contributed by atoms with Gasteiger partial charge in [-0.05, 0) is 49.2 Å². The lowest BCUT2D eigenvalue weighted by atomic mass is 9.69. The highest BCUT2D eigenvalue weighted by molar-refractivity contribution is 5.87. The van der Waals surface area contributed by atoms with Crippen LogP contribution in [0.15, 0.2) is 36.4 Å². The van der Waals surface area contributed by atoms with Crippen LogP contribution < -0.4 is 0 Å². The quantitative estimate of drug-likeness (QED) is 0.237. The van der Waals surface area contributed by atoms with Crippen molar-refractivity contribution in [1.82, 2.24) is 0 Å². The summed E-state index contributed by atoms with van der Waals surface area (Å²) in [7, 11) is 0. The summed E-state index contributed by atoms with van der Waals surface area (Å²) in [6.45, 7) is 8.31. The van der Waals surface area contributed by atoms with Gasteiger partial charge in [-0.3, -0.25) is 0 Å². The monoisotopic (exact) mass is 480 g/mol. The molecule has 2 heterocycles. The zero-order valence-corrected chi connectivity index (χ0v) is 21.1. The Morgan fingerprint density at radius 1 is 1.23 bits per heavy atom. The molecule has 6 nitrogen and oxygen atoms in total. The Labute approximate surface area is 208 Å². The molecule has 0 spiro atoms. The SMILES string of the molecule is C#CCOCC(=O)O[C@@H]1C[C@]2(C(C)C)OC1(C)[C@@H]1CC[C@@H](C)[C@H]1[C@@H]2OC(=O)/C=C/c1ccccc1. The molecule has 2 saturated heterocycles. The Bertz CT molecular complexity index is 994. The molecule has 1 aliphatic carbocycles. The Hall–Kier alpha value is -2.62. The topological polar surface area (TPSA) is 71.1 Å². The van der Waals surface area contributed by atoms with Crippen molar-refractivity contribution in [3.63, 3.8) is 0 Å². The number of benzene rings is 1. The molecule has 0 N–H and O–H groups in total. The van der Waals surface area contributed by atoms with E-state index in [2.05, 4.69) is 33.6 Å². The molecule has 35 heavy (non-hydrogen) atoms. The second-order valence-electron chi connectivity index (χ2n) is 10.6. The molecule has 2 aliphatic heterocycles. The second kappa shape index (κ2) is 10.2. The van der Waals surface area contributed by atoms with Crippen LogP contribution in [0.5, 0.6) is 0 Å². The van der Waals surface area contributed by atoms with E-state index in [1.165, 1.54) is 6.08 Å². The molecular formula is C29H36O6. The molecule has 0 aromatic heterocycles. The Morgan fingerprint density at radius 3 is 2.66 bits per heavy atom. The average molecular weight is 481 g/mol. The standard InChI is InChI=1S/C29H36O6/c1-6-16-32-18-25(31)33-23-17-29(19(2)3)27(26-20(4)12-14-22(26)28(23,5)35-29)34-24(30)15-13-21-10-8-7-9-11-21/h1,7-11,13,15,19-20,22-23,26-27H,12,14,16-18H2,2-5H3/b15-13+/t20-,22-,23-,26-,27+,28?,29-/m1/s1. The number of fused-ring (bicyclic) bond motifs is 4. The third-order valence-electron chi connectivity index (χ3n) is 8.29. The van der Waals surface area contributed by atoms with E-state index in [-0.39, 0.29) is 36.9 Å². The van der Waals surface area contributed by atoms with Gasteiger partial charge in [0.05, 0.1) is 0 Å². The number of hydrogen-bond acceptors (Lipinski definition) is 6. The van der Waals surface area contributed by atoms with Crippen LogP contribution >= 0.6 is 0 Å². The van der Waals surface area contributed by atoms with Crippen LogP contribution in [0.1, 0.15) is 52.5 Å². The molecular weight excluding hydrogens is 444 g/mol. The number of hydrogen-bond donors (Lipinski definition) is 0. The summed E-state index contributed by atoms with van der Waals surface area (Å²) in [6, 6.07) is 9.66. The highest BCUT2D eigenvalue weighted by atomic mass is 16.6. The van der Waals surface area contributed by atoms with Crippen molar-refractivity contribution in [3.8, 4) is 12.3 Å². The molecule has 4 rings (SSSR count). The molecule has 3 fully saturated rings. The van der Waals surface area contributed by atoms with Crippen molar-refractivity contribution in [2.45, 2.75) is 70.4 Å². The Kier molecular flexibility index (Phi) is 7.40. The number of carbonyl (C=O) groups excluding carboxylic acids is 2. The van der Waals surface area contributed by atoms with Gasteiger partial charge in [0.1, 0.15) is 36.6 Å². The van der Waals surface area contributed by atoms with Crippen molar-refractivity contribution < 1.29 is 28.5 Å². The molecule has 3 aliphatic rings. The lowest BCUT2D eigenvalue weighted by Crippen LogP contribution is -2.62. The predicted molar refractivity (Wildman–Crippen MR) is 132 cm³/mol. The molecule has 6 heteroatoms. The van der Waals surface area contributed by atoms with Gasteiger partial charge in [0, 0.05) is 18.4 Å². The van der Waals surface area contributed by atoms with E-state index in [4.69, 9.17) is 25.4 Å². The van der Waals surface area contributed by atoms with E-state index in [0.717, 1.165) is 18.4 Å². The van der Waals surface area contributed by atoms with Gasteiger partial charge in [-0.1, -0.05) is 57.0 Å². The maximum atomic E-state index is 13.0. The fourth-order valence-corrected chi connectivity index (χ4v) is 6.52. The normalized spacial score (nSPS) is 35.6. The minimum atomic E-state index is -0.741. The maximum absolute atomic E-state index is 13.0. The van der Waals surface area contributed by atoms with E-state index in [0.29, 0.717) is 12.3 Å². The van der Waals surface area contributed by atoms with Gasteiger partial charge in [0.2, 0.25) is 0 Å². The second-order valence-corrected chi connectivity index (χ2v) is 10.6. The zero-order valence-electron chi connectivity index (χ0n) is 21.1. The number of ether oxygens (including phenoxy) is 4. The molecule has 1 aromatic carbocycles. The summed E-state index contributed by atoms with van der Waals surface area (Å²) >= 11 is 0. The third-order valence-corrected chi connectivity index (χ3v) is 8.29. The molecule has 188 valence electrons. The number of carbonyl (C=O) groups is 2. The first-order valence-corrected chi connectivity index (χ1v) is 12.6. The first kappa shape index (κ1) is 25.5. The maximum Gasteiger partial charge on any atom is 0.332 e. The molecule has 1 unspecified atom stereocenters. The van der Waals surface area contributed by atoms with Crippen LogP contribution in [0.4, 0.5) is 0 Å². The third kappa shape index (κ3) is 4.77. The summed E-state index contributed by atoms with van der Waals surface area (Å²) in [5.74, 6) is 2.18. The van der Waals surface area contributed by atoms with E-state index in [1.54, 1.807) is 6.08 Å². The Balaban J connectivity index is 1.60. The number of rotatable bonds is 8. The largest absolute Gasteiger partial charge is 0.457 e. The molecule has 7 atom stereocenters. The lowest BCUT2D eigenvalue weighted by molar-refractivity contribution is -0.264. The summed E-state index contributed by atoms with van der Waals surface area (Å²) in [5.41, 5.74) is -0.456. The minimum absolute atomic E-state index is 0.0490. The van der Waals surface area contributed by atoms with Gasteiger partial charge in [0.15, 0.2) is 0 Å². The average Bonchev–Trinajstić information content (AvgIpc) is 3.34. The smallest absolute Gasteiger partial charge is 0.332 e. The van der Waals surface area contributed by atoms with Crippen LogP contribution in [0.2, 0.25) is 0 Å². The van der Waals surface area contributed by atoms with Crippen LogP contribution in [-0.4, -0.2) is 48.6 Å². The van der Waals surface area contributed by atoms with Gasteiger partial charge >= 0.3 is 11.9 Å². The summed E-state index contributed by atoms with van der Waals surface area (Å²) < 4.78 is 24.2. The first-order chi connectivity index (χ1) is 16.7. The van der Waals surface area contributed by atoms with Crippen molar-refractivity contribution in [2.24, 2.45) is 23.7 Å². The van der Waals surface area contributed by atoms with Crippen LogP contribution in [-0.2, 0) is 28.5 Å². The van der Waals surface area contributed by atoms with Crippen LogP contribution in [0.25, 0.3) is 6.08 Å². The van der Waals surface area contributed by atoms with Crippen molar-refractivity contribution in [2.75, 3.05) is 13.2 Å². The minimum Gasteiger partial charge on any atom is -0.457 e.